The summed E-state index contributed by atoms with van der Waals surface area (Å²) in [7, 11) is 1.64. The molecule has 7 heteroatoms. The summed E-state index contributed by atoms with van der Waals surface area (Å²) in [6, 6.07) is 8.13. The fourth-order valence-electron chi connectivity index (χ4n) is 4.32. The number of benzene rings is 1. The molecule has 0 aliphatic carbocycles. The molecule has 2 N–H and O–H groups in total. The molecule has 6 nitrogen and oxygen atoms in total. The van der Waals surface area contributed by atoms with E-state index in [0.29, 0.717) is 24.5 Å². The standard InChI is InChI=1S/C19H23N3O3S/c1-25-16-6-2-13(3-7-16)19(24)10-14-4-5-15(11-19)22(14)12-17(23)21-18-20-8-9-26-18/h2-3,6-9,14-15,24H,4-5,10-12H2,1H3,(H,20,21,23). The van der Waals surface area contributed by atoms with Crippen molar-refractivity contribution < 1.29 is 14.6 Å². The van der Waals surface area contributed by atoms with Crippen LogP contribution in [0.1, 0.15) is 31.2 Å². The molecule has 2 unspecified atom stereocenters. The van der Waals surface area contributed by atoms with Crippen molar-refractivity contribution >= 4 is 22.4 Å². The van der Waals surface area contributed by atoms with E-state index in [-0.39, 0.29) is 18.0 Å². The average Bonchev–Trinajstić information content (AvgIpc) is 3.22. The van der Waals surface area contributed by atoms with Gasteiger partial charge in [-0.3, -0.25) is 9.69 Å². The Morgan fingerprint density at radius 2 is 2.04 bits per heavy atom. The number of hydrogen-bond acceptors (Lipinski definition) is 6. The summed E-state index contributed by atoms with van der Waals surface area (Å²) in [6.07, 6.45) is 5.03. The molecule has 2 saturated heterocycles. The third-order valence-corrected chi connectivity index (χ3v) is 6.24. The molecule has 1 aromatic heterocycles. The zero-order valence-electron chi connectivity index (χ0n) is 14.7. The molecule has 1 amide bonds. The SMILES string of the molecule is COc1ccc(C2(O)CC3CCC(C2)N3CC(=O)Nc2nccs2)cc1. The number of amides is 1. The van der Waals surface area contributed by atoms with E-state index in [1.165, 1.54) is 11.3 Å². The maximum atomic E-state index is 12.3. The first-order valence-corrected chi connectivity index (χ1v) is 9.77. The summed E-state index contributed by atoms with van der Waals surface area (Å²) in [5, 5.41) is 16.6. The summed E-state index contributed by atoms with van der Waals surface area (Å²) in [5.74, 6) is 0.753. The number of ether oxygens (including phenoxy) is 1. The molecule has 2 bridgehead atoms. The lowest BCUT2D eigenvalue weighted by molar-refractivity contribution is -0.121. The Kier molecular flexibility index (Phi) is 4.69. The molecule has 3 heterocycles. The van der Waals surface area contributed by atoms with Gasteiger partial charge in [0.1, 0.15) is 5.75 Å². The number of anilines is 1. The minimum atomic E-state index is -0.833. The molecule has 0 spiro atoms. The number of carbonyl (C=O) groups is 1. The Balaban J connectivity index is 1.44. The molecule has 2 aliphatic rings. The predicted molar refractivity (Wildman–Crippen MR) is 100 cm³/mol. The number of rotatable bonds is 5. The smallest absolute Gasteiger partial charge is 0.240 e. The Hall–Kier alpha value is -1.96. The monoisotopic (exact) mass is 373 g/mol. The van der Waals surface area contributed by atoms with Crippen molar-refractivity contribution in [3.05, 3.63) is 41.4 Å². The van der Waals surface area contributed by atoms with Gasteiger partial charge in [0.05, 0.1) is 19.3 Å². The number of carbonyl (C=O) groups excluding carboxylic acids is 1. The number of nitrogens with zero attached hydrogens (tertiary/aromatic N) is 2. The van der Waals surface area contributed by atoms with Gasteiger partial charge in [0, 0.05) is 23.7 Å². The van der Waals surface area contributed by atoms with E-state index >= 15 is 0 Å². The fourth-order valence-corrected chi connectivity index (χ4v) is 4.87. The normalized spacial score (nSPS) is 28.1. The van der Waals surface area contributed by atoms with Gasteiger partial charge in [-0.15, -0.1) is 11.3 Å². The molecular weight excluding hydrogens is 350 g/mol. The molecule has 0 radical (unpaired) electrons. The highest BCUT2D eigenvalue weighted by molar-refractivity contribution is 7.13. The van der Waals surface area contributed by atoms with Crippen molar-refractivity contribution in [2.45, 2.75) is 43.4 Å². The van der Waals surface area contributed by atoms with Crippen molar-refractivity contribution in [2.24, 2.45) is 0 Å². The Morgan fingerprint density at radius 3 is 2.62 bits per heavy atom. The maximum Gasteiger partial charge on any atom is 0.240 e. The minimum absolute atomic E-state index is 0.0354. The Labute approximate surface area is 156 Å². The first kappa shape index (κ1) is 17.5. The molecule has 2 atom stereocenters. The second-order valence-corrected chi connectivity index (χ2v) is 8.01. The number of thiazole rings is 1. The fraction of sp³-hybridized carbons (Fsp3) is 0.474. The first-order valence-electron chi connectivity index (χ1n) is 8.89. The van der Waals surface area contributed by atoms with Crippen molar-refractivity contribution in [3.8, 4) is 5.75 Å². The van der Waals surface area contributed by atoms with Gasteiger partial charge in [-0.1, -0.05) is 12.1 Å². The van der Waals surface area contributed by atoms with Crippen LogP contribution in [0.15, 0.2) is 35.8 Å². The summed E-state index contributed by atoms with van der Waals surface area (Å²) < 4.78 is 5.21. The quantitative estimate of drug-likeness (QED) is 0.843. The maximum absolute atomic E-state index is 12.3. The topological polar surface area (TPSA) is 74.7 Å². The van der Waals surface area contributed by atoms with Crippen LogP contribution in [-0.4, -0.2) is 46.6 Å². The number of aromatic nitrogens is 1. The van der Waals surface area contributed by atoms with E-state index in [1.54, 1.807) is 13.3 Å². The summed E-state index contributed by atoms with van der Waals surface area (Å²) >= 11 is 1.42. The van der Waals surface area contributed by atoms with Crippen LogP contribution in [0.5, 0.6) is 5.75 Å². The Bertz CT molecular complexity index is 749. The molecule has 138 valence electrons. The third kappa shape index (κ3) is 3.34. The van der Waals surface area contributed by atoms with Gasteiger partial charge in [0.15, 0.2) is 5.13 Å². The van der Waals surface area contributed by atoms with E-state index in [1.807, 2.05) is 29.6 Å². The number of piperidine rings is 1. The van der Waals surface area contributed by atoms with Crippen LogP contribution in [-0.2, 0) is 10.4 Å². The highest BCUT2D eigenvalue weighted by Gasteiger charge is 2.48. The highest BCUT2D eigenvalue weighted by Crippen LogP contribution is 2.45. The molecule has 4 rings (SSSR count). The largest absolute Gasteiger partial charge is 0.497 e. The van der Waals surface area contributed by atoms with Gasteiger partial charge >= 0.3 is 0 Å². The molecule has 26 heavy (non-hydrogen) atoms. The predicted octanol–water partition coefficient (Wildman–Crippen LogP) is 2.60. The van der Waals surface area contributed by atoms with Gasteiger partial charge < -0.3 is 15.2 Å². The summed E-state index contributed by atoms with van der Waals surface area (Å²) in [4.78, 5) is 18.7. The van der Waals surface area contributed by atoms with Crippen LogP contribution < -0.4 is 10.1 Å². The van der Waals surface area contributed by atoms with Gasteiger partial charge in [-0.2, -0.15) is 0 Å². The second kappa shape index (κ2) is 6.98. The van der Waals surface area contributed by atoms with Crippen LogP contribution >= 0.6 is 11.3 Å². The van der Waals surface area contributed by atoms with E-state index in [9.17, 15) is 9.90 Å². The summed E-state index contributed by atoms with van der Waals surface area (Å²) in [6.45, 7) is 0.355. The van der Waals surface area contributed by atoms with E-state index in [2.05, 4.69) is 15.2 Å². The van der Waals surface area contributed by atoms with E-state index in [4.69, 9.17) is 4.74 Å². The zero-order chi connectivity index (χ0) is 18.1. The van der Waals surface area contributed by atoms with Gasteiger partial charge in [-0.25, -0.2) is 4.98 Å². The molecule has 2 aliphatic heterocycles. The van der Waals surface area contributed by atoms with Crippen LogP contribution in [0.2, 0.25) is 0 Å². The Morgan fingerprint density at radius 1 is 1.35 bits per heavy atom. The van der Waals surface area contributed by atoms with Crippen LogP contribution in [0.25, 0.3) is 0 Å². The lowest BCUT2D eigenvalue weighted by Gasteiger charge is -2.43. The van der Waals surface area contributed by atoms with Crippen molar-refractivity contribution in [1.82, 2.24) is 9.88 Å². The van der Waals surface area contributed by atoms with Crippen molar-refractivity contribution in [3.63, 3.8) is 0 Å². The number of nitrogens with one attached hydrogen (secondary N) is 1. The van der Waals surface area contributed by atoms with Crippen LogP contribution in [0, 0.1) is 0 Å². The average molecular weight is 373 g/mol. The van der Waals surface area contributed by atoms with Crippen molar-refractivity contribution in [2.75, 3.05) is 19.0 Å². The van der Waals surface area contributed by atoms with Crippen molar-refractivity contribution in [1.29, 1.82) is 0 Å². The number of hydrogen-bond donors (Lipinski definition) is 2. The molecular formula is C19H23N3O3S. The second-order valence-electron chi connectivity index (χ2n) is 7.11. The highest BCUT2D eigenvalue weighted by atomic mass is 32.1. The van der Waals surface area contributed by atoms with Gasteiger partial charge in [0.25, 0.3) is 0 Å². The molecule has 2 aromatic rings. The molecule has 1 aromatic carbocycles. The van der Waals surface area contributed by atoms with E-state index in [0.717, 1.165) is 24.2 Å². The minimum Gasteiger partial charge on any atom is -0.497 e. The summed E-state index contributed by atoms with van der Waals surface area (Å²) in [5.41, 5.74) is 0.0995. The molecule has 2 fully saturated rings. The van der Waals surface area contributed by atoms with Crippen LogP contribution in [0.3, 0.4) is 0 Å². The molecule has 0 saturated carbocycles. The number of fused-ring (bicyclic) bond motifs is 2. The van der Waals surface area contributed by atoms with E-state index < -0.39 is 5.60 Å². The third-order valence-electron chi connectivity index (χ3n) is 5.55. The number of methoxy groups -OCH3 is 1. The zero-order valence-corrected chi connectivity index (χ0v) is 15.5. The van der Waals surface area contributed by atoms with Gasteiger partial charge in [-0.05, 0) is 43.4 Å². The lowest BCUT2D eigenvalue weighted by Crippen LogP contribution is -2.51. The van der Waals surface area contributed by atoms with Gasteiger partial charge in [0.2, 0.25) is 5.91 Å². The number of aliphatic hydroxyl groups is 1. The first-order chi connectivity index (χ1) is 12.6. The van der Waals surface area contributed by atoms with Crippen LogP contribution in [0.4, 0.5) is 5.13 Å². The lowest BCUT2D eigenvalue weighted by atomic mass is 9.80.